The summed E-state index contributed by atoms with van der Waals surface area (Å²) < 4.78 is 0. The molecule has 0 rings (SSSR count). The number of carbonyl (C=O) groups is 2. The molecule has 6 heteroatoms. The monoisotopic (exact) mass is 333 g/mol. The molecule has 0 aromatic rings. The third-order valence-corrected chi connectivity index (χ3v) is 4.01. The highest BCUT2D eigenvalue weighted by Gasteiger charge is 2.17. The van der Waals surface area contributed by atoms with E-state index in [0.29, 0.717) is 6.42 Å². The van der Waals surface area contributed by atoms with Crippen molar-refractivity contribution >= 4 is 24.5 Å². The molecule has 3 N–H and O–H groups in total. The van der Waals surface area contributed by atoms with E-state index in [1.54, 1.807) is 0 Å². The summed E-state index contributed by atoms with van der Waals surface area (Å²) in [5.41, 5.74) is 0. The van der Waals surface area contributed by atoms with Crippen LogP contribution in [0.4, 0.5) is 0 Å². The first-order chi connectivity index (χ1) is 10.5. The second kappa shape index (κ2) is 13.9. The molecule has 0 aromatic heterocycles. The molecule has 22 heavy (non-hydrogen) atoms. The molecular weight excluding hydrogens is 300 g/mol. The van der Waals surface area contributed by atoms with E-state index in [1.165, 1.54) is 43.5 Å². The lowest BCUT2D eigenvalue weighted by molar-refractivity contribution is -0.858. The number of carboxylic acid groups (broad SMARTS) is 1. The van der Waals surface area contributed by atoms with Gasteiger partial charge in [0, 0.05) is 12.2 Å². The molecule has 0 aliphatic rings. The van der Waals surface area contributed by atoms with E-state index in [9.17, 15) is 9.59 Å². The number of carbonyl (C=O) groups excluding carboxylic acids is 1. The summed E-state index contributed by atoms with van der Waals surface area (Å²) >= 11 is 3.92. The summed E-state index contributed by atoms with van der Waals surface area (Å²) in [6.45, 7) is 1.25. The van der Waals surface area contributed by atoms with Gasteiger partial charge in [0.15, 0.2) is 0 Å². The lowest BCUT2D eigenvalue weighted by Gasteiger charge is -2.11. The van der Waals surface area contributed by atoms with Crippen LogP contribution < -0.4 is 10.2 Å². The van der Waals surface area contributed by atoms with Crippen LogP contribution in [0.3, 0.4) is 0 Å². The minimum absolute atomic E-state index is 0.121. The fraction of sp³-hybridized carbons (Fsp3) is 0.875. The third kappa shape index (κ3) is 13.0. The van der Waals surface area contributed by atoms with Crippen molar-refractivity contribution in [3.63, 3.8) is 0 Å². The molecule has 0 saturated heterocycles. The Morgan fingerprint density at radius 2 is 1.50 bits per heavy atom. The van der Waals surface area contributed by atoms with Gasteiger partial charge >= 0.3 is 5.97 Å². The average molecular weight is 334 g/mol. The lowest BCUT2D eigenvalue weighted by Crippen LogP contribution is -3.05. The minimum Gasteiger partial charge on any atom is -0.480 e. The van der Waals surface area contributed by atoms with E-state index in [-0.39, 0.29) is 11.7 Å². The third-order valence-electron chi connectivity index (χ3n) is 3.65. The first kappa shape index (κ1) is 21.2. The molecule has 0 fully saturated rings. The number of amides is 1. The Hall–Kier alpha value is -0.750. The Labute approximate surface area is 140 Å². The van der Waals surface area contributed by atoms with E-state index in [1.807, 2.05) is 0 Å². The molecule has 0 aliphatic carbocycles. The highest BCUT2D eigenvalue weighted by atomic mass is 32.1. The number of thiol groups is 1. The van der Waals surface area contributed by atoms with Crippen molar-refractivity contribution in [1.29, 1.82) is 0 Å². The maximum absolute atomic E-state index is 11.6. The van der Waals surface area contributed by atoms with Crippen LogP contribution in [-0.2, 0) is 9.59 Å². The van der Waals surface area contributed by atoms with Gasteiger partial charge in [0.2, 0.25) is 5.91 Å². The SMILES string of the molecule is C[NH+](C)CCCCCCCCCCC(=O)NC(CS)C(=O)O. The molecule has 1 unspecified atom stereocenters. The normalized spacial score (nSPS) is 12.4. The quantitative estimate of drug-likeness (QED) is 0.285. The van der Waals surface area contributed by atoms with Crippen LogP contribution in [0.25, 0.3) is 0 Å². The first-order valence-electron chi connectivity index (χ1n) is 8.39. The van der Waals surface area contributed by atoms with E-state index >= 15 is 0 Å². The van der Waals surface area contributed by atoms with E-state index in [2.05, 4.69) is 32.0 Å². The Kier molecular flexibility index (Phi) is 13.4. The van der Waals surface area contributed by atoms with Gasteiger partial charge in [0.05, 0.1) is 20.6 Å². The van der Waals surface area contributed by atoms with Crippen LogP contribution in [0.2, 0.25) is 0 Å². The zero-order valence-electron chi connectivity index (χ0n) is 14.1. The predicted octanol–water partition coefficient (Wildman–Crippen LogP) is 1.14. The number of hydrogen-bond donors (Lipinski definition) is 4. The zero-order chi connectivity index (χ0) is 16.8. The molecular formula is C16H33N2O3S+. The van der Waals surface area contributed by atoms with Crippen molar-refractivity contribution in [3.8, 4) is 0 Å². The van der Waals surface area contributed by atoms with Crippen molar-refractivity contribution in [2.45, 2.75) is 63.8 Å². The van der Waals surface area contributed by atoms with Crippen LogP contribution in [0.15, 0.2) is 0 Å². The van der Waals surface area contributed by atoms with Crippen molar-refractivity contribution < 1.29 is 19.6 Å². The Morgan fingerprint density at radius 1 is 1.00 bits per heavy atom. The van der Waals surface area contributed by atoms with Gasteiger partial charge in [-0.3, -0.25) is 4.79 Å². The fourth-order valence-corrected chi connectivity index (χ4v) is 2.52. The largest absolute Gasteiger partial charge is 0.480 e. The van der Waals surface area contributed by atoms with Crippen molar-refractivity contribution in [2.24, 2.45) is 0 Å². The van der Waals surface area contributed by atoms with Crippen LogP contribution in [0.1, 0.15) is 57.8 Å². The molecule has 0 radical (unpaired) electrons. The molecule has 0 heterocycles. The topological polar surface area (TPSA) is 70.8 Å². The van der Waals surface area contributed by atoms with Crippen LogP contribution in [0, 0.1) is 0 Å². The summed E-state index contributed by atoms with van der Waals surface area (Å²) in [7, 11) is 4.37. The molecule has 130 valence electrons. The van der Waals surface area contributed by atoms with Crippen molar-refractivity contribution in [3.05, 3.63) is 0 Å². The second-order valence-corrected chi connectivity index (χ2v) is 6.54. The molecule has 1 atom stereocenters. The smallest absolute Gasteiger partial charge is 0.327 e. The molecule has 5 nitrogen and oxygen atoms in total. The fourth-order valence-electron chi connectivity index (χ4n) is 2.28. The number of rotatable bonds is 14. The molecule has 0 saturated carbocycles. The zero-order valence-corrected chi connectivity index (χ0v) is 15.0. The number of unbranched alkanes of at least 4 members (excludes halogenated alkanes) is 7. The molecule has 0 spiro atoms. The van der Waals surface area contributed by atoms with Gasteiger partial charge in [-0.1, -0.05) is 32.1 Å². The van der Waals surface area contributed by atoms with Gasteiger partial charge in [0.1, 0.15) is 6.04 Å². The van der Waals surface area contributed by atoms with Gasteiger partial charge in [-0.15, -0.1) is 0 Å². The summed E-state index contributed by atoms with van der Waals surface area (Å²) in [6.07, 6.45) is 9.84. The maximum Gasteiger partial charge on any atom is 0.327 e. The lowest BCUT2D eigenvalue weighted by atomic mass is 10.1. The van der Waals surface area contributed by atoms with Crippen molar-refractivity contribution in [1.82, 2.24) is 5.32 Å². The standard InChI is InChI=1S/C16H32N2O3S/c1-18(2)12-10-8-6-4-3-5-7-9-11-15(19)17-14(13-22)16(20)21/h14,22H,3-13H2,1-2H3,(H,17,19)(H,20,21)/p+1. The highest BCUT2D eigenvalue weighted by molar-refractivity contribution is 7.80. The Balaban J connectivity index is 3.39. The van der Waals surface area contributed by atoms with Crippen LogP contribution in [0.5, 0.6) is 0 Å². The number of nitrogens with one attached hydrogen (secondary N) is 2. The van der Waals surface area contributed by atoms with E-state index < -0.39 is 12.0 Å². The number of carboxylic acids is 1. The summed E-state index contributed by atoms with van der Waals surface area (Å²) in [6, 6.07) is -0.875. The van der Waals surface area contributed by atoms with Crippen LogP contribution in [-0.4, -0.2) is 49.4 Å². The molecule has 0 aliphatic heterocycles. The van der Waals surface area contributed by atoms with Crippen LogP contribution >= 0.6 is 12.6 Å². The van der Waals surface area contributed by atoms with Gasteiger partial charge < -0.3 is 15.3 Å². The van der Waals surface area contributed by atoms with Gasteiger partial charge in [-0.25, -0.2) is 4.79 Å². The second-order valence-electron chi connectivity index (χ2n) is 6.18. The summed E-state index contributed by atoms with van der Waals surface area (Å²) in [5.74, 6) is -1.09. The van der Waals surface area contributed by atoms with Gasteiger partial charge in [0.25, 0.3) is 0 Å². The number of hydrogen-bond acceptors (Lipinski definition) is 3. The summed E-state index contributed by atoms with van der Waals surface area (Å²) in [5, 5.41) is 11.3. The van der Waals surface area contributed by atoms with E-state index in [4.69, 9.17) is 5.11 Å². The van der Waals surface area contributed by atoms with Gasteiger partial charge in [-0.2, -0.15) is 12.6 Å². The number of quaternary nitrogens is 1. The van der Waals surface area contributed by atoms with E-state index in [0.717, 1.165) is 19.3 Å². The maximum atomic E-state index is 11.6. The summed E-state index contributed by atoms with van der Waals surface area (Å²) in [4.78, 5) is 23.8. The molecule has 1 amide bonds. The molecule has 0 aromatic carbocycles. The minimum atomic E-state index is -1.03. The van der Waals surface area contributed by atoms with Gasteiger partial charge in [-0.05, 0) is 19.3 Å². The molecule has 0 bridgehead atoms. The van der Waals surface area contributed by atoms with Crippen molar-refractivity contribution in [2.75, 3.05) is 26.4 Å². The Bertz CT molecular complexity index is 312. The first-order valence-corrected chi connectivity index (χ1v) is 9.02. The average Bonchev–Trinajstić information content (AvgIpc) is 2.46. The number of aliphatic carboxylic acids is 1. The highest BCUT2D eigenvalue weighted by Crippen LogP contribution is 2.09. The predicted molar refractivity (Wildman–Crippen MR) is 92.7 cm³/mol. The Morgan fingerprint density at radius 3 is 1.95 bits per heavy atom.